The highest BCUT2D eigenvalue weighted by atomic mass is 16.5. The van der Waals surface area contributed by atoms with Gasteiger partial charge in [-0.25, -0.2) is 9.97 Å². The first-order valence-electron chi connectivity index (χ1n) is 9.45. The molecule has 0 aliphatic rings. The number of aromatic nitrogens is 5. The molecule has 0 bridgehead atoms. The predicted octanol–water partition coefficient (Wildman–Crippen LogP) is 3.45. The quantitative estimate of drug-likeness (QED) is 0.414. The van der Waals surface area contributed by atoms with Crippen molar-refractivity contribution in [2.24, 2.45) is 0 Å². The van der Waals surface area contributed by atoms with Crippen LogP contribution in [0.1, 0.15) is 5.82 Å². The zero-order valence-electron chi connectivity index (χ0n) is 17.3. The molecule has 4 rings (SSSR count). The number of nitrogens with one attached hydrogen (secondary N) is 2. The smallest absolute Gasteiger partial charge is 0.249 e. The second-order valence-corrected chi connectivity index (χ2v) is 6.55. The second-order valence-electron chi connectivity index (χ2n) is 6.55. The standard InChI is InChI=1S/C21H22N8O2/c1-13-23-18(25-14-7-5-4-6-8-14)12-19(24-13)29-20(22)27-21(28-29)26-16-10-9-15(30-2)11-17(16)31-3/h4-12H,1-3H3,(H,23,24,25)(H3,22,26,27,28). The number of para-hydroxylation sites is 1. The molecule has 31 heavy (non-hydrogen) atoms. The number of methoxy groups -OCH3 is 2. The van der Waals surface area contributed by atoms with Gasteiger partial charge in [-0.05, 0) is 31.2 Å². The van der Waals surface area contributed by atoms with Gasteiger partial charge in [0.05, 0.1) is 19.9 Å². The van der Waals surface area contributed by atoms with E-state index in [4.69, 9.17) is 15.2 Å². The Kier molecular flexibility index (Phi) is 5.52. The summed E-state index contributed by atoms with van der Waals surface area (Å²) in [6.07, 6.45) is 0. The van der Waals surface area contributed by atoms with Crippen LogP contribution in [-0.2, 0) is 0 Å². The number of aryl methyl sites for hydroxylation is 1. The van der Waals surface area contributed by atoms with Crippen LogP contribution in [0, 0.1) is 6.92 Å². The molecule has 0 amide bonds. The van der Waals surface area contributed by atoms with E-state index in [-0.39, 0.29) is 5.95 Å². The molecule has 0 radical (unpaired) electrons. The van der Waals surface area contributed by atoms with Gasteiger partial charge < -0.3 is 25.8 Å². The van der Waals surface area contributed by atoms with Crippen molar-refractivity contribution in [1.82, 2.24) is 24.7 Å². The molecule has 0 aliphatic heterocycles. The van der Waals surface area contributed by atoms with Crippen molar-refractivity contribution in [3.8, 4) is 17.3 Å². The first-order valence-corrected chi connectivity index (χ1v) is 9.45. The van der Waals surface area contributed by atoms with E-state index in [9.17, 15) is 0 Å². The minimum absolute atomic E-state index is 0.179. The molecule has 0 saturated carbocycles. The number of nitrogen functional groups attached to an aromatic ring is 1. The van der Waals surface area contributed by atoms with Crippen LogP contribution in [0.5, 0.6) is 11.5 Å². The van der Waals surface area contributed by atoms with Gasteiger partial charge in [-0.1, -0.05) is 18.2 Å². The molecule has 2 aromatic heterocycles. The normalized spacial score (nSPS) is 10.5. The first kappa shape index (κ1) is 20.0. The van der Waals surface area contributed by atoms with Crippen molar-refractivity contribution in [3.05, 3.63) is 60.4 Å². The van der Waals surface area contributed by atoms with Crippen LogP contribution in [0.25, 0.3) is 5.82 Å². The Labute approximate surface area is 179 Å². The van der Waals surface area contributed by atoms with Gasteiger partial charge in [-0.15, -0.1) is 5.10 Å². The fourth-order valence-electron chi connectivity index (χ4n) is 2.96. The molecule has 158 valence electrons. The van der Waals surface area contributed by atoms with E-state index in [1.807, 2.05) is 36.4 Å². The summed E-state index contributed by atoms with van der Waals surface area (Å²) in [6, 6.07) is 16.9. The zero-order valence-corrected chi connectivity index (χ0v) is 17.3. The highest BCUT2D eigenvalue weighted by molar-refractivity contribution is 5.65. The van der Waals surface area contributed by atoms with Gasteiger partial charge in [0.15, 0.2) is 5.82 Å². The van der Waals surface area contributed by atoms with Crippen molar-refractivity contribution in [2.45, 2.75) is 6.92 Å². The van der Waals surface area contributed by atoms with Crippen molar-refractivity contribution < 1.29 is 9.47 Å². The molecule has 10 nitrogen and oxygen atoms in total. The SMILES string of the molecule is COc1ccc(Nc2nc(N)n(-c3cc(Nc4ccccc4)nc(C)n3)n2)c(OC)c1. The zero-order chi connectivity index (χ0) is 21.8. The van der Waals surface area contributed by atoms with Gasteiger partial charge in [0.2, 0.25) is 11.9 Å². The summed E-state index contributed by atoms with van der Waals surface area (Å²) in [5.41, 5.74) is 7.69. The van der Waals surface area contributed by atoms with Gasteiger partial charge >= 0.3 is 0 Å². The second kappa shape index (κ2) is 8.57. The van der Waals surface area contributed by atoms with E-state index in [1.54, 1.807) is 39.3 Å². The topological polar surface area (TPSA) is 125 Å². The van der Waals surface area contributed by atoms with Crippen LogP contribution in [0.2, 0.25) is 0 Å². The third-order valence-corrected chi connectivity index (χ3v) is 4.37. The summed E-state index contributed by atoms with van der Waals surface area (Å²) in [4.78, 5) is 13.2. The lowest BCUT2D eigenvalue weighted by Gasteiger charge is -2.10. The minimum Gasteiger partial charge on any atom is -0.497 e. The number of hydrogen-bond acceptors (Lipinski definition) is 9. The van der Waals surface area contributed by atoms with Crippen molar-refractivity contribution in [3.63, 3.8) is 0 Å². The number of rotatable bonds is 7. The summed E-state index contributed by atoms with van der Waals surface area (Å²) in [7, 11) is 3.17. The maximum Gasteiger partial charge on any atom is 0.249 e. The fourth-order valence-corrected chi connectivity index (χ4v) is 2.96. The molecule has 0 spiro atoms. The third kappa shape index (κ3) is 4.47. The molecule has 0 unspecified atom stereocenters. The highest BCUT2D eigenvalue weighted by Crippen LogP contribution is 2.31. The molecule has 0 aliphatic carbocycles. The lowest BCUT2D eigenvalue weighted by molar-refractivity contribution is 0.395. The Balaban J connectivity index is 1.62. The van der Waals surface area contributed by atoms with Crippen molar-refractivity contribution in [2.75, 3.05) is 30.6 Å². The van der Waals surface area contributed by atoms with Crippen LogP contribution < -0.4 is 25.8 Å². The van der Waals surface area contributed by atoms with Crippen molar-refractivity contribution in [1.29, 1.82) is 0 Å². The molecule has 2 heterocycles. The number of benzene rings is 2. The minimum atomic E-state index is 0.179. The predicted molar refractivity (Wildman–Crippen MR) is 119 cm³/mol. The molecule has 4 N–H and O–H groups in total. The van der Waals surface area contributed by atoms with E-state index in [0.717, 1.165) is 5.69 Å². The van der Waals surface area contributed by atoms with E-state index in [0.29, 0.717) is 40.6 Å². The maximum atomic E-state index is 6.11. The number of nitrogens with zero attached hydrogens (tertiary/aromatic N) is 5. The first-order chi connectivity index (χ1) is 15.1. The summed E-state index contributed by atoms with van der Waals surface area (Å²) in [6.45, 7) is 1.80. The molecular weight excluding hydrogens is 396 g/mol. The third-order valence-electron chi connectivity index (χ3n) is 4.37. The molecule has 0 atom stereocenters. The average molecular weight is 418 g/mol. The van der Waals surface area contributed by atoms with Crippen LogP contribution in [0.15, 0.2) is 54.6 Å². The lowest BCUT2D eigenvalue weighted by Crippen LogP contribution is -2.08. The van der Waals surface area contributed by atoms with Crippen molar-refractivity contribution >= 4 is 29.1 Å². The van der Waals surface area contributed by atoms with Crippen LogP contribution in [0.4, 0.5) is 29.1 Å². The molecule has 10 heteroatoms. The molecule has 0 saturated heterocycles. The summed E-state index contributed by atoms with van der Waals surface area (Å²) in [5, 5.41) is 10.8. The number of nitrogens with two attached hydrogens (primary N) is 1. The van der Waals surface area contributed by atoms with Gasteiger partial charge in [-0.2, -0.15) is 9.67 Å². The van der Waals surface area contributed by atoms with E-state index in [1.165, 1.54) is 4.68 Å². The highest BCUT2D eigenvalue weighted by Gasteiger charge is 2.14. The van der Waals surface area contributed by atoms with Gasteiger partial charge in [0.1, 0.15) is 23.1 Å². The number of hydrogen-bond donors (Lipinski definition) is 3. The largest absolute Gasteiger partial charge is 0.497 e. The number of anilines is 5. The molecular formula is C21H22N8O2. The molecule has 0 fully saturated rings. The van der Waals surface area contributed by atoms with Crippen LogP contribution in [0.3, 0.4) is 0 Å². The van der Waals surface area contributed by atoms with Gasteiger partial charge in [0.25, 0.3) is 0 Å². The monoisotopic (exact) mass is 418 g/mol. The van der Waals surface area contributed by atoms with E-state index in [2.05, 4.69) is 30.7 Å². The summed E-state index contributed by atoms with van der Waals surface area (Å²) in [5.74, 6) is 3.42. The van der Waals surface area contributed by atoms with Crippen LogP contribution in [-0.4, -0.2) is 39.0 Å². The summed E-state index contributed by atoms with van der Waals surface area (Å²) >= 11 is 0. The molecule has 4 aromatic rings. The number of ether oxygens (including phenoxy) is 2. The van der Waals surface area contributed by atoms with Gasteiger partial charge in [-0.3, -0.25) is 0 Å². The van der Waals surface area contributed by atoms with E-state index >= 15 is 0 Å². The van der Waals surface area contributed by atoms with Gasteiger partial charge in [0, 0.05) is 17.8 Å². The Hall–Kier alpha value is -4.34. The lowest BCUT2D eigenvalue weighted by atomic mass is 10.2. The summed E-state index contributed by atoms with van der Waals surface area (Å²) < 4.78 is 12.1. The Bertz CT molecular complexity index is 1190. The molecule has 2 aromatic carbocycles. The van der Waals surface area contributed by atoms with Crippen LogP contribution >= 0.6 is 0 Å². The fraction of sp³-hybridized carbons (Fsp3) is 0.143. The Morgan fingerprint density at radius 1 is 0.903 bits per heavy atom. The Morgan fingerprint density at radius 3 is 2.45 bits per heavy atom. The average Bonchev–Trinajstić information content (AvgIpc) is 3.14. The maximum absolute atomic E-state index is 6.11. The Morgan fingerprint density at radius 2 is 1.71 bits per heavy atom. The van der Waals surface area contributed by atoms with E-state index < -0.39 is 0 Å².